The van der Waals surface area contributed by atoms with Gasteiger partial charge < -0.3 is 15.4 Å². The number of aryl methyl sites for hydroxylation is 1. The van der Waals surface area contributed by atoms with Gasteiger partial charge in [-0.1, -0.05) is 25.1 Å². The van der Waals surface area contributed by atoms with E-state index in [0.29, 0.717) is 11.4 Å². The van der Waals surface area contributed by atoms with Crippen molar-refractivity contribution in [3.05, 3.63) is 89.5 Å². The lowest BCUT2D eigenvalue weighted by Gasteiger charge is -2.11. The van der Waals surface area contributed by atoms with E-state index in [1.54, 1.807) is 12.1 Å². The number of halogens is 3. The smallest absolute Gasteiger partial charge is 0.416 e. The second kappa shape index (κ2) is 10.00. The Morgan fingerprint density at radius 3 is 2.19 bits per heavy atom. The maximum Gasteiger partial charge on any atom is 0.416 e. The van der Waals surface area contributed by atoms with E-state index in [-0.39, 0.29) is 23.8 Å². The average Bonchev–Trinajstić information content (AvgIpc) is 2.78. The number of benzene rings is 3. The van der Waals surface area contributed by atoms with E-state index in [0.717, 1.165) is 18.6 Å². The molecule has 2 amide bonds. The fraction of sp³-hybridized carbons (Fsp3) is 0.167. The quantitative estimate of drug-likeness (QED) is 0.505. The minimum Gasteiger partial charge on any atom is -0.484 e. The zero-order valence-corrected chi connectivity index (χ0v) is 17.2. The molecular weight excluding hydrogens is 421 g/mol. The predicted molar refractivity (Wildman–Crippen MR) is 116 cm³/mol. The Balaban J connectivity index is 1.53. The van der Waals surface area contributed by atoms with Crippen LogP contribution in [0.3, 0.4) is 0 Å². The van der Waals surface area contributed by atoms with Crippen molar-refractivity contribution in [1.82, 2.24) is 0 Å². The van der Waals surface area contributed by atoms with Crippen LogP contribution >= 0.6 is 0 Å². The van der Waals surface area contributed by atoms with Crippen LogP contribution in [0.1, 0.15) is 28.4 Å². The first kappa shape index (κ1) is 22.9. The van der Waals surface area contributed by atoms with E-state index < -0.39 is 17.6 Å². The second-order valence-electron chi connectivity index (χ2n) is 6.94. The molecule has 3 aromatic carbocycles. The molecule has 0 aliphatic heterocycles. The van der Waals surface area contributed by atoms with Crippen LogP contribution in [0, 0.1) is 0 Å². The van der Waals surface area contributed by atoms with Crippen molar-refractivity contribution in [3.63, 3.8) is 0 Å². The summed E-state index contributed by atoms with van der Waals surface area (Å²) in [5.74, 6) is -0.356. The number of hydrogen-bond acceptors (Lipinski definition) is 3. The molecule has 0 fully saturated rings. The highest BCUT2D eigenvalue weighted by molar-refractivity contribution is 6.04. The van der Waals surface area contributed by atoms with Crippen molar-refractivity contribution < 1.29 is 27.5 Å². The average molecular weight is 442 g/mol. The summed E-state index contributed by atoms with van der Waals surface area (Å²) in [6, 6.07) is 17.8. The number of alkyl halides is 3. The van der Waals surface area contributed by atoms with Crippen LogP contribution in [-0.2, 0) is 17.4 Å². The summed E-state index contributed by atoms with van der Waals surface area (Å²) in [6.45, 7) is 1.87. The van der Waals surface area contributed by atoms with E-state index in [1.165, 1.54) is 42.0 Å². The first-order valence-corrected chi connectivity index (χ1v) is 9.85. The molecule has 0 spiro atoms. The van der Waals surface area contributed by atoms with Gasteiger partial charge in [-0.05, 0) is 66.6 Å². The maximum absolute atomic E-state index is 12.8. The van der Waals surface area contributed by atoms with Gasteiger partial charge in [0.1, 0.15) is 5.75 Å². The third-order valence-electron chi connectivity index (χ3n) is 4.58. The molecule has 0 aliphatic carbocycles. The SMILES string of the molecule is CCc1ccc(OCC(=O)Nc2ccc(C(=O)Nc3cccc(C(F)(F)F)c3)cc2)cc1. The highest BCUT2D eigenvalue weighted by Crippen LogP contribution is 2.30. The molecule has 3 rings (SSSR count). The largest absolute Gasteiger partial charge is 0.484 e. The molecule has 2 N–H and O–H groups in total. The third kappa shape index (κ3) is 6.34. The molecule has 32 heavy (non-hydrogen) atoms. The standard InChI is InChI=1S/C24H21F3N2O3/c1-2-16-6-12-21(13-7-16)32-15-22(30)28-19-10-8-17(9-11-19)23(31)29-20-5-3-4-18(14-20)24(25,26)27/h3-14H,2,15H2,1H3,(H,28,30)(H,29,31). The highest BCUT2D eigenvalue weighted by atomic mass is 19.4. The maximum atomic E-state index is 12.8. The Morgan fingerprint density at radius 1 is 0.875 bits per heavy atom. The summed E-state index contributed by atoms with van der Waals surface area (Å²) in [5, 5.41) is 5.09. The zero-order chi connectivity index (χ0) is 23.1. The molecule has 0 atom stereocenters. The van der Waals surface area contributed by atoms with Crippen molar-refractivity contribution in [2.75, 3.05) is 17.2 Å². The number of ether oxygens (including phenoxy) is 1. The summed E-state index contributed by atoms with van der Waals surface area (Å²) in [4.78, 5) is 24.4. The van der Waals surface area contributed by atoms with Crippen LogP contribution in [-0.4, -0.2) is 18.4 Å². The molecule has 0 unspecified atom stereocenters. The topological polar surface area (TPSA) is 67.4 Å². The van der Waals surface area contributed by atoms with Crippen molar-refractivity contribution in [3.8, 4) is 5.75 Å². The number of hydrogen-bond donors (Lipinski definition) is 2. The van der Waals surface area contributed by atoms with Gasteiger partial charge in [0.25, 0.3) is 11.8 Å². The fourth-order valence-corrected chi connectivity index (χ4v) is 2.85. The number of amides is 2. The van der Waals surface area contributed by atoms with Gasteiger partial charge in [-0.15, -0.1) is 0 Å². The number of rotatable bonds is 7. The van der Waals surface area contributed by atoms with Gasteiger partial charge in [-0.3, -0.25) is 9.59 Å². The van der Waals surface area contributed by atoms with E-state index in [9.17, 15) is 22.8 Å². The van der Waals surface area contributed by atoms with E-state index in [2.05, 4.69) is 10.6 Å². The molecule has 3 aromatic rings. The summed E-state index contributed by atoms with van der Waals surface area (Å²) in [5.41, 5.74) is 1.03. The van der Waals surface area contributed by atoms with Gasteiger partial charge in [0.05, 0.1) is 5.56 Å². The number of carbonyl (C=O) groups is 2. The predicted octanol–water partition coefficient (Wildman–Crippen LogP) is 5.54. The monoisotopic (exact) mass is 442 g/mol. The molecule has 0 aromatic heterocycles. The first-order valence-electron chi connectivity index (χ1n) is 9.85. The molecule has 0 bridgehead atoms. The van der Waals surface area contributed by atoms with Crippen molar-refractivity contribution >= 4 is 23.2 Å². The molecule has 0 saturated carbocycles. The molecule has 0 heterocycles. The fourth-order valence-electron chi connectivity index (χ4n) is 2.85. The summed E-state index contributed by atoms with van der Waals surface area (Å²) < 4.78 is 43.9. The van der Waals surface area contributed by atoms with Gasteiger partial charge in [-0.25, -0.2) is 0 Å². The molecule has 0 saturated heterocycles. The minimum atomic E-state index is -4.50. The van der Waals surface area contributed by atoms with Crippen molar-refractivity contribution in [2.45, 2.75) is 19.5 Å². The lowest BCUT2D eigenvalue weighted by molar-refractivity contribution is -0.137. The molecule has 8 heteroatoms. The Bertz CT molecular complexity index is 1080. The Kier molecular flexibility index (Phi) is 7.14. The van der Waals surface area contributed by atoms with Gasteiger partial charge in [0.2, 0.25) is 0 Å². The minimum absolute atomic E-state index is 0.0336. The summed E-state index contributed by atoms with van der Waals surface area (Å²) in [7, 11) is 0. The van der Waals surface area contributed by atoms with Crippen LogP contribution in [0.4, 0.5) is 24.5 Å². The normalized spacial score (nSPS) is 11.0. The molecule has 0 aliphatic rings. The van der Waals surface area contributed by atoms with Gasteiger partial charge in [0, 0.05) is 16.9 Å². The van der Waals surface area contributed by atoms with Gasteiger partial charge in [0.15, 0.2) is 6.61 Å². The lowest BCUT2D eigenvalue weighted by atomic mass is 10.1. The lowest BCUT2D eigenvalue weighted by Crippen LogP contribution is -2.20. The molecule has 0 radical (unpaired) electrons. The van der Waals surface area contributed by atoms with E-state index in [4.69, 9.17) is 4.74 Å². The highest BCUT2D eigenvalue weighted by Gasteiger charge is 2.30. The Morgan fingerprint density at radius 2 is 1.56 bits per heavy atom. The van der Waals surface area contributed by atoms with Crippen molar-refractivity contribution in [2.24, 2.45) is 0 Å². The summed E-state index contributed by atoms with van der Waals surface area (Å²) >= 11 is 0. The van der Waals surface area contributed by atoms with Gasteiger partial charge in [-0.2, -0.15) is 13.2 Å². The van der Waals surface area contributed by atoms with Crippen LogP contribution in [0.25, 0.3) is 0 Å². The first-order chi connectivity index (χ1) is 15.2. The molecule has 166 valence electrons. The van der Waals surface area contributed by atoms with E-state index in [1.807, 2.05) is 19.1 Å². The Labute approximate surface area is 183 Å². The van der Waals surface area contributed by atoms with Crippen LogP contribution in [0.15, 0.2) is 72.8 Å². The van der Waals surface area contributed by atoms with Gasteiger partial charge >= 0.3 is 6.18 Å². The summed E-state index contributed by atoms with van der Waals surface area (Å²) in [6.07, 6.45) is -3.59. The number of nitrogens with one attached hydrogen (secondary N) is 2. The second-order valence-corrected chi connectivity index (χ2v) is 6.94. The number of anilines is 2. The molecular formula is C24H21F3N2O3. The molecule has 5 nitrogen and oxygen atoms in total. The Hall–Kier alpha value is -3.81. The zero-order valence-electron chi connectivity index (χ0n) is 17.2. The van der Waals surface area contributed by atoms with Crippen LogP contribution in [0.2, 0.25) is 0 Å². The number of carbonyl (C=O) groups excluding carboxylic acids is 2. The van der Waals surface area contributed by atoms with Crippen LogP contribution in [0.5, 0.6) is 5.75 Å². The van der Waals surface area contributed by atoms with Crippen LogP contribution < -0.4 is 15.4 Å². The van der Waals surface area contributed by atoms with E-state index >= 15 is 0 Å². The third-order valence-corrected chi connectivity index (χ3v) is 4.58. The van der Waals surface area contributed by atoms with Crippen molar-refractivity contribution in [1.29, 1.82) is 0 Å².